The van der Waals surface area contributed by atoms with Gasteiger partial charge in [-0.15, -0.1) is 0 Å². The van der Waals surface area contributed by atoms with Gasteiger partial charge in [0.15, 0.2) is 0 Å². The second-order valence-corrected chi connectivity index (χ2v) is 6.43. The summed E-state index contributed by atoms with van der Waals surface area (Å²) in [7, 11) is 0. The molecule has 0 radical (unpaired) electrons. The molecule has 2 fully saturated rings. The third kappa shape index (κ3) is 3.30. The van der Waals surface area contributed by atoms with Crippen LogP contribution in [0.25, 0.3) is 0 Å². The van der Waals surface area contributed by atoms with Gasteiger partial charge in [-0.25, -0.2) is 0 Å². The molecule has 8 heteroatoms. The molecular weight excluding hydrogens is 347 g/mol. The van der Waals surface area contributed by atoms with Gasteiger partial charge >= 0.3 is 6.18 Å². The maximum Gasteiger partial charge on any atom is 0.433 e. The van der Waals surface area contributed by atoms with Crippen molar-refractivity contribution in [2.45, 2.75) is 30.8 Å². The van der Waals surface area contributed by atoms with Crippen LogP contribution in [0.2, 0.25) is 0 Å². The van der Waals surface area contributed by atoms with Gasteiger partial charge < -0.3 is 15.4 Å². The Kier molecular flexibility index (Phi) is 4.16. The third-order valence-corrected chi connectivity index (χ3v) is 4.64. The summed E-state index contributed by atoms with van der Waals surface area (Å²) in [4.78, 5) is 15.4. The molecule has 0 aliphatic carbocycles. The molecule has 136 valence electrons. The summed E-state index contributed by atoms with van der Waals surface area (Å²) >= 11 is 0. The Balaban J connectivity index is 1.45. The van der Waals surface area contributed by atoms with Crippen molar-refractivity contribution in [2.75, 3.05) is 11.9 Å². The fourth-order valence-electron chi connectivity index (χ4n) is 3.37. The zero-order valence-electron chi connectivity index (χ0n) is 13.6. The number of benzene rings is 1. The number of rotatable bonds is 3. The number of morpholine rings is 1. The number of pyridine rings is 1. The van der Waals surface area contributed by atoms with Crippen LogP contribution in [0.3, 0.4) is 0 Å². The van der Waals surface area contributed by atoms with Crippen LogP contribution in [-0.4, -0.2) is 29.6 Å². The minimum absolute atomic E-state index is 0.00644. The molecule has 0 saturated carbocycles. The standard InChI is InChI=1S/C18H16F3N3O2/c19-18(20,21)15-7-11(5-6-22-15)17(25)24-12-3-1-10(2-4-12)16-14-8-13(26-16)9-23-14/h1-7,13-14,16,23H,8-9H2,(H,24,25)/t13-,14?,16+/m1/s1. The van der Waals surface area contributed by atoms with Gasteiger partial charge in [-0.05, 0) is 36.2 Å². The van der Waals surface area contributed by atoms with Crippen LogP contribution in [0.5, 0.6) is 0 Å². The SMILES string of the molecule is O=C(Nc1ccc([C@@H]2O[C@H]3CNC2C3)cc1)c1ccnc(C(F)(F)F)c1. The zero-order valence-corrected chi connectivity index (χ0v) is 13.6. The molecule has 2 aliphatic rings. The minimum atomic E-state index is -4.59. The largest absolute Gasteiger partial charge is 0.433 e. The van der Waals surface area contributed by atoms with E-state index in [0.717, 1.165) is 30.8 Å². The summed E-state index contributed by atoms with van der Waals surface area (Å²) < 4.78 is 44.0. The fraction of sp³-hybridized carbons (Fsp3) is 0.333. The van der Waals surface area contributed by atoms with Gasteiger partial charge in [0, 0.05) is 30.0 Å². The van der Waals surface area contributed by atoms with E-state index in [0.29, 0.717) is 11.7 Å². The van der Waals surface area contributed by atoms with E-state index in [1.54, 1.807) is 12.1 Å². The van der Waals surface area contributed by atoms with Crippen molar-refractivity contribution in [1.29, 1.82) is 0 Å². The number of nitrogens with zero attached hydrogens (tertiary/aromatic N) is 1. The first-order valence-corrected chi connectivity index (χ1v) is 8.23. The second kappa shape index (κ2) is 6.37. The minimum Gasteiger partial charge on any atom is -0.367 e. The molecule has 26 heavy (non-hydrogen) atoms. The molecule has 2 saturated heterocycles. The Morgan fingerprint density at radius 3 is 2.62 bits per heavy atom. The van der Waals surface area contributed by atoms with E-state index in [2.05, 4.69) is 15.6 Å². The molecule has 1 aromatic carbocycles. The Morgan fingerprint density at radius 1 is 1.23 bits per heavy atom. The van der Waals surface area contributed by atoms with Crippen LogP contribution in [-0.2, 0) is 10.9 Å². The Labute approximate surface area is 147 Å². The highest BCUT2D eigenvalue weighted by Crippen LogP contribution is 2.37. The first-order chi connectivity index (χ1) is 12.4. The highest BCUT2D eigenvalue weighted by Gasteiger charge is 2.41. The molecule has 2 bridgehead atoms. The van der Waals surface area contributed by atoms with Crippen molar-refractivity contribution in [2.24, 2.45) is 0 Å². The summed E-state index contributed by atoms with van der Waals surface area (Å²) in [6.07, 6.45) is -2.38. The Hall–Kier alpha value is -2.45. The Bertz CT molecular complexity index is 823. The van der Waals surface area contributed by atoms with Gasteiger partial charge in [-0.1, -0.05) is 12.1 Å². The number of alkyl halides is 3. The summed E-state index contributed by atoms with van der Waals surface area (Å²) in [5.41, 5.74) is 0.310. The van der Waals surface area contributed by atoms with E-state index in [4.69, 9.17) is 4.74 Å². The molecule has 5 nitrogen and oxygen atoms in total. The number of ether oxygens (including phenoxy) is 1. The van der Waals surface area contributed by atoms with Crippen LogP contribution < -0.4 is 10.6 Å². The number of halogens is 3. The van der Waals surface area contributed by atoms with Gasteiger partial charge in [-0.2, -0.15) is 13.2 Å². The van der Waals surface area contributed by atoms with Crippen molar-refractivity contribution in [3.8, 4) is 0 Å². The van der Waals surface area contributed by atoms with Crippen LogP contribution in [0.1, 0.15) is 34.1 Å². The molecule has 1 aromatic heterocycles. The van der Waals surface area contributed by atoms with E-state index in [9.17, 15) is 18.0 Å². The normalized spacial score (nSPS) is 24.7. The van der Waals surface area contributed by atoms with E-state index < -0.39 is 17.8 Å². The predicted octanol–water partition coefficient (Wildman–Crippen LogP) is 3.15. The zero-order chi connectivity index (χ0) is 18.3. The van der Waals surface area contributed by atoms with Crippen LogP contribution in [0.4, 0.5) is 18.9 Å². The smallest absolute Gasteiger partial charge is 0.367 e. The summed E-state index contributed by atoms with van der Waals surface area (Å²) in [5, 5.41) is 6.00. The Morgan fingerprint density at radius 2 is 2.00 bits per heavy atom. The highest BCUT2D eigenvalue weighted by atomic mass is 19.4. The number of amides is 1. The van der Waals surface area contributed by atoms with Crippen LogP contribution in [0.15, 0.2) is 42.6 Å². The van der Waals surface area contributed by atoms with Crippen molar-refractivity contribution in [3.05, 3.63) is 59.4 Å². The molecule has 4 rings (SSSR count). The van der Waals surface area contributed by atoms with Crippen molar-refractivity contribution in [3.63, 3.8) is 0 Å². The summed E-state index contributed by atoms with van der Waals surface area (Å²) in [6.45, 7) is 0.876. The predicted molar refractivity (Wildman–Crippen MR) is 87.7 cm³/mol. The molecular formula is C18H16F3N3O2. The van der Waals surface area contributed by atoms with E-state index in [1.807, 2.05) is 12.1 Å². The second-order valence-electron chi connectivity index (χ2n) is 6.43. The number of hydrogen-bond acceptors (Lipinski definition) is 4. The summed E-state index contributed by atoms with van der Waals surface area (Å²) in [5.74, 6) is -0.622. The molecule has 1 amide bonds. The van der Waals surface area contributed by atoms with Crippen molar-refractivity contribution >= 4 is 11.6 Å². The number of fused-ring (bicyclic) bond motifs is 2. The number of hydrogen-bond donors (Lipinski definition) is 2. The number of nitrogens with one attached hydrogen (secondary N) is 2. The van der Waals surface area contributed by atoms with E-state index in [1.165, 1.54) is 6.07 Å². The average molecular weight is 363 g/mol. The van der Waals surface area contributed by atoms with Gasteiger partial charge in [-0.3, -0.25) is 9.78 Å². The van der Waals surface area contributed by atoms with Gasteiger partial charge in [0.25, 0.3) is 5.91 Å². The van der Waals surface area contributed by atoms with E-state index in [-0.39, 0.29) is 17.8 Å². The molecule has 2 aromatic rings. The number of carbonyl (C=O) groups excluding carboxylic acids is 1. The molecule has 3 heterocycles. The lowest BCUT2D eigenvalue weighted by Gasteiger charge is -2.23. The number of aromatic nitrogens is 1. The van der Waals surface area contributed by atoms with E-state index >= 15 is 0 Å². The lowest BCUT2D eigenvalue weighted by molar-refractivity contribution is -0.141. The number of carbonyl (C=O) groups is 1. The van der Waals surface area contributed by atoms with Crippen molar-refractivity contribution < 1.29 is 22.7 Å². The third-order valence-electron chi connectivity index (χ3n) is 4.64. The molecule has 2 aliphatic heterocycles. The van der Waals surface area contributed by atoms with Gasteiger partial charge in [0.1, 0.15) is 5.69 Å². The monoisotopic (exact) mass is 363 g/mol. The average Bonchev–Trinajstić information content (AvgIpc) is 3.25. The maximum atomic E-state index is 12.7. The highest BCUT2D eigenvalue weighted by molar-refractivity contribution is 6.04. The van der Waals surface area contributed by atoms with Crippen molar-refractivity contribution in [1.82, 2.24) is 10.3 Å². The van der Waals surface area contributed by atoms with Crippen LogP contribution >= 0.6 is 0 Å². The first kappa shape index (κ1) is 17.0. The topological polar surface area (TPSA) is 63.2 Å². The van der Waals surface area contributed by atoms with Gasteiger partial charge in [0.05, 0.1) is 12.2 Å². The quantitative estimate of drug-likeness (QED) is 0.879. The first-order valence-electron chi connectivity index (χ1n) is 8.23. The lowest BCUT2D eigenvalue weighted by atomic mass is 10.0. The molecule has 0 spiro atoms. The lowest BCUT2D eigenvalue weighted by Crippen LogP contribution is -2.33. The number of anilines is 1. The summed E-state index contributed by atoms with van der Waals surface area (Å²) in [6, 6.07) is 9.43. The maximum absolute atomic E-state index is 12.7. The van der Waals surface area contributed by atoms with Crippen LogP contribution in [0, 0.1) is 0 Å². The molecule has 1 unspecified atom stereocenters. The fourth-order valence-corrected chi connectivity index (χ4v) is 3.37. The molecule has 2 N–H and O–H groups in total. The molecule has 3 atom stereocenters. The van der Waals surface area contributed by atoms with Gasteiger partial charge in [0.2, 0.25) is 0 Å².